The summed E-state index contributed by atoms with van der Waals surface area (Å²) in [5.41, 5.74) is 0. The van der Waals surface area contributed by atoms with Gasteiger partial charge in [0, 0.05) is 14.1 Å². The van der Waals surface area contributed by atoms with Crippen molar-refractivity contribution in [3.63, 3.8) is 0 Å². The molecule has 4 amide bonds. The van der Waals surface area contributed by atoms with Gasteiger partial charge in [-0.1, -0.05) is 32.1 Å². The Kier molecular flexibility index (Phi) is 3.68. The Morgan fingerprint density at radius 1 is 0.944 bits per heavy atom. The summed E-state index contributed by atoms with van der Waals surface area (Å²) in [5.74, 6) is -0.880. The van der Waals surface area contributed by atoms with E-state index < -0.39 is 11.9 Å². The molecule has 0 aromatic carbocycles. The molecule has 0 aromatic rings. The summed E-state index contributed by atoms with van der Waals surface area (Å²) in [6, 6.07) is -0.523. The van der Waals surface area contributed by atoms with Crippen molar-refractivity contribution in [2.45, 2.75) is 38.5 Å². The molecule has 0 atom stereocenters. The lowest BCUT2D eigenvalue weighted by molar-refractivity contribution is -0.148. The number of barbiturate groups is 1. The molecule has 2 aliphatic rings. The standard InChI is InChI=1S/C13H20N2O3/c1-14-11(16)10(12(17)15(2)13(14)18)8-9-6-4-3-5-7-9/h9-10H,3-8H2,1-2H3. The zero-order valence-electron chi connectivity index (χ0n) is 11.0. The van der Waals surface area contributed by atoms with Crippen LogP contribution in [0.1, 0.15) is 38.5 Å². The minimum absolute atomic E-state index is 0.339. The van der Waals surface area contributed by atoms with Crippen molar-refractivity contribution in [3.05, 3.63) is 0 Å². The van der Waals surface area contributed by atoms with Crippen LogP contribution in [-0.4, -0.2) is 41.7 Å². The van der Waals surface area contributed by atoms with Gasteiger partial charge in [0.25, 0.3) is 0 Å². The van der Waals surface area contributed by atoms with E-state index in [1.807, 2.05) is 0 Å². The maximum absolute atomic E-state index is 12.0. The first-order valence-corrected chi connectivity index (χ1v) is 6.61. The van der Waals surface area contributed by atoms with Gasteiger partial charge < -0.3 is 0 Å². The van der Waals surface area contributed by atoms with Crippen molar-refractivity contribution in [3.8, 4) is 0 Å². The average Bonchev–Trinajstić information content (AvgIpc) is 2.40. The third kappa shape index (κ3) is 2.26. The number of hydrogen-bond donors (Lipinski definition) is 0. The van der Waals surface area contributed by atoms with Gasteiger partial charge in [0.15, 0.2) is 0 Å². The third-order valence-corrected chi connectivity index (χ3v) is 4.12. The third-order valence-electron chi connectivity index (χ3n) is 4.12. The normalized spacial score (nSPS) is 24.0. The highest BCUT2D eigenvalue weighted by Gasteiger charge is 2.43. The highest BCUT2D eigenvalue weighted by molar-refractivity contribution is 6.15. The van der Waals surface area contributed by atoms with Gasteiger partial charge in [-0.15, -0.1) is 0 Å². The molecular formula is C13H20N2O3. The quantitative estimate of drug-likeness (QED) is 0.702. The number of carbonyl (C=O) groups excluding carboxylic acids is 3. The highest BCUT2D eigenvalue weighted by Crippen LogP contribution is 2.31. The predicted octanol–water partition coefficient (Wildman–Crippen LogP) is 1.62. The minimum Gasteiger partial charge on any atom is -0.273 e. The fourth-order valence-corrected chi connectivity index (χ4v) is 2.94. The van der Waals surface area contributed by atoms with E-state index in [1.54, 1.807) is 0 Å². The first kappa shape index (κ1) is 13.1. The van der Waals surface area contributed by atoms with E-state index in [2.05, 4.69) is 0 Å². The molecule has 0 N–H and O–H groups in total. The zero-order chi connectivity index (χ0) is 13.3. The van der Waals surface area contributed by atoms with Crippen molar-refractivity contribution in [2.75, 3.05) is 14.1 Å². The summed E-state index contributed by atoms with van der Waals surface area (Å²) in [4.78, 5) is 37.8. The Morgan fingerprint density at radius 3 is 1.94 bits per heavy atom. The van der Waals surface area contributed by atoms with Crippen LogP contribution < -0.4 is 0 Å². The number of imide groups is 2. The molecule has 2 fully saturated rings. The van der Waals surface area contributed by atoms with Crippen molar-refractivity contribution >= 4 is 17.8 Å². The molecule has 5 heteroatoms. The van der Waals surface area contributed by atoms with Gasteiger partial charge >= 0.3 is 6.03 Å². The Bertz CT molecular complexity index is 350. The molecule has 1 aliphatic heterocycles. The molecule has 0 spiro atoms. The van der Waals surface area contributed by atoms with E-state index in [4.69, 9.17) is 0 Å². The van der Waals surface area contributed by atoms with Crippen LogP contribution in [0.5, 0.6) is 0 Å². The van der Waals surface area contributed by atoms with Gasteiger partial charge in [0.2, 0.25) is 11.8 Å². The van der Waals surface area contributed by atoms with Gasteiger partial charge in [0.1, 0.15) is 5.92 Å². The van der Waals surface area contributed by atoms with E-state index >= 15 is 0 Å². The maximum Gasteiger partial charge on any atom is 0.332 e. The van der Waals surface area contributed by atoms with E-state index in [0.29, 0.717) is 12.3 Å². The molecule has 18 heavy (non-hydrogen) atoms. The zero-order valence-corrected chi connectivity index (χ0v) is 11.0. The van der Waals surface area contributed by atoms with Gasteiger partial charge in [-0.2, -0.15) is 0 Å². The number of urea groups is 1. The molecule has 0 radical (unpaired) electrons. The lowest BCUT2D eigenvalue weighted by atomic mass is 9.81. The molecule has 100 valence electrons. The lowest BCUT2D eigenvalue weighted by Crippen LogP contribution is -2.57. The van der Waals surface area contributed by atoms with Gasteiger partial charge in [-0.3, -0.25) is 19.4 Å². The van der Waals surface area contributed by atoms with Crippen LogP contribution in [0.4, 0.5) is 4.79 Å². The number of rotatable bonds is 2. The van der Waals surface area contributed by atoms with Gasteiger partial charge in [-0.25, -0.2) is 4.79 Å². The van der Waals surface area contributed by atoms with Crippen molar-refractivity contribution in [1.82, 2.24) is 9.80 Å². The summed E-state index contributed by atoms with van der Waals surface area (Å²) in [6.45, 7) is 0. The Balaban J connectivity index is 2.08. The van der Waals surface area contributed by atoms with Crippen LogP contribution >= 0.6 is 0 Å². The van der Waals surface area contributed by atoms with Crippen molar-refractivity contribution in [2.24, 2.45) is 11.8 Å². The number of hydrogen-bond acceptors (Lipinski definition) is 3. The topological polar surface area (TPSA) is 57.7 Å². The molecule has 2 rings (SSSR count). The minimum atomic E-state index is -0.652. The second kappa shape index (κ2) is 5.08. The average molecular weight is 252 g/mol. The summed E-state index contributed by atoms with van der Waals surface area (Å²) >= 11 is 0. The van der Waals surface area contributed by atoms with Gasteiger partial charge in [0.05, 0.1) is 0 Å². The van der Waals surface area contributed by atoms with Crippen LogP contribution in [-0.2, 0) is 9.59 Å². The fourth-order valence-electron chi connectivity index (χ4n) is 2.94. The largest absolute Gasteiger partial charge is 0.332 e. The predicted molar refractivity (Wildman–Crippen MR) is 65.6 cm³/mol. The molecule has 1 aliphatic carbocycles. The maximum atomic E-state index is 12.0. The Hall–Kier alpha value is -1.39. The van der Waals surface area contributed by atoms with Crippen LogP contribution in [0.2, 0.25) is 0 Å². The fraction of sp³-hybridized carbons (Fsp3) is 0.769. The number of amides is 4. The molecule has 1 heterocycles. The molecule has 5 nitrogen and oxygen atoms in total. The molecule has 1 saturated carbocycles. The first-order chi connectivity index (χ1) is 8.52. The molecule has 1 saturated heterocycles. The summed E-state index contributed by atoms with van der Waals surface area (Å²) < 4.78 is 0. The van der Waals surface area contributed by atoms with Crippen molar-refractivity contribution in [1.29, 1.82) is 0 Å². The van der Waals surface area contributed by atoms with Crippen LogP contribution in [0, 0.1) is 11.8 Å². The Labute approximate surface area is 107 Å². The highest BCUT2D eigenvalue weighted by atomic mass is 16.2. The van der Waals surface area contributed by atoms with Crippen molar-refractivity contribution < 1.29 is 14.4 Å². The van der Waals surface area contributed by atoms with E-state index in [0.717, 1.165) is 22.6 Å². The summed E-state index contributed by atoms with van der Waals surface area (Å²) in [5, 5.41) is 0. The van der Waals surface area contributed by atoms with Crippen LogP contribution in [0.15, 0.2) is 0 Å². The molecule has 0 unspecified atom stereocenters. The van der Waals surface area contributed by atoms with Gasteiger partial charge in [-0.05, 0) is 12.3 Å². The second-order valence-corrected chi connectivity index (χ2v) is 5.37. The van der Waals surface area contributed by atoms with E-state index in [9.17, 15) is 14.4 Å². The smallest absolute Gasteiger partial charge is 0.273 e. The van der Waals surface area contributed by atoms with E-state index in [1.165, 1.54) is 33.4 Å². The molecular weight excluding hydrogens is 232 g/mol. The summed E-state index contributed by atoms with van der Waals surface area (Å²) in [7, 11) is 2.89. The lowest BCUT2D eigenvalue weighted by Gasteiger charge is -2.35. The second-order valence-electron chi connectivity index (χ2n) is 5.37. The van der Waals surface area contributed by atoms with Crippen LogP contribution in [0.3, 0.4) is 0 Å². The number of nitrogens with zero attached hydrogens (tertiary/aromatic N) is 2. The first-order valence-electron chi connectivity index (χ1n) is 6.61. The molecule has 0 aromatic heterocycles. The van der Waals surface area contributed by atoms with E-state index in [-0.39, 0.29) is 11.8 Å². The number of carbonyl (C=O) groups is 3. The molecule has 0 bridgehead atoms. The van der Waals surface area contributed by atoms with Crippen LogP contribution in [0.25, 0.3) is 0 Å². The Morgan fingerprint density at radius 2 is 1.44 bits per heavy atom. The monoisotopic (exact) mass is 252 g/mol. The SMILES string of the molecule is CN1C(=O)C(CC2CCCCC2)C(=O)N(C)C1=O. The summed E-state index contributed by atoms with van der Waals surface area (Å²) in [6.07, 6.45) is 6.41.